The Hall–Kier alpha value is -1.46. The lowest BCUT2D eigenvalue weighted by molar-refractivity contribution is -0.131. The highest BCUT2D eigenvalue weighted by atomic mass is 16.2. The summed E-state index contributed by atoms with van der Waals surface area (Å²) in [5.41, 5.74) is 6.84. The first kappa shape index (κ1) is 14.9. The number of rotatable bonds is 6. The number of likely N-dealkylation sites (tertiary alicyclic amines) is 1. The van der Waals surface area contributed by atoms with Gasteiger partial charge in [0, 0.05) is 44.8 Å². The molecule has 110 valence electrons. The van der Waals surface area contributed by atoms with Crippen LogP contribution in [-0.4, -0.2) is 53.4 Å². The molecular weight excluding hydrogens is 252 g/mol. The molecule has 0 aliphatic carbocycles. The van der Waals surface area contributed by atoms with Crippen molar-refractivity contribution in [1.29, 1.82) is 0 Å². The molecule has 2 rings (SSSR count). The van der Waals surface area contributed by atoms with Crippen molar-refractivity contribution < 1.29 is 4.79 Å². The van der Waals surface area contributed by atoms with Gasteiger partial charge >= 0.3 is 0 Å². The number of pyridine rings is 1. The van der Waals surface area contributed by atoms with Gasteiger partial charge in [-0.3, -0.25) is 14.7 Å². The zero-order valence-electron chi connectivity index (χ0n) is 12.2. The Balaban J connectivity index is 1.88. The molecule has 20 heavy (non-hydrogen) atoms. The minimum atomic E-state index is 0.0742. The van der Waals surface area contributed by atoms with E-state index in [0.29, 0.717) is 13.0 Å². The van der Waals surface area contributed by atoms with Crippen LogP contribution in [0.4, 0.5) is 0 Å². The number of likely N-dealkylation sites (N-methyl/N-ethyl adjacent to an activating group) is 1. The van der Waals surface area contributed by atoms with Crippen molar-refractivity contribution in [3.8, 4) is 0 Å². The molecule has 1 aliphatic heterocycles. The second-order valence-electron chi connectivity index (χ2n) is 5.42. The Kier molecular flexibility index (Phi) is 5.49. The minimum Gasteiger partial charge on any atom is -0.343 e. The topological polar surface area (TPSA) is 62.5 Å². The van der Waals surface area contributed by atoms with Crippen molar-refractivity contribution in [3.63, 3.8) is 0 Å². The summed E-state index contributed by atoms with van der Waals surface area (Å²) in [6.45, 7) is 3.01. The number of carbonyl (C=O) groups is 1. The van der Waals surface area contributed by atoms with Gasteiger partial charge in [-0.25, -0.2) is 0 Å². The van der Waals surface area contributed by atoms with Gasteiger partial charge in [-0.1, -0.05) is 6.07 Å². The van der Waals surface area contributed by atoms with E-state index in [2.05, 4.69) is 9.88 Å². The van der Waals surface area contributed by atoms with Crippen LogP contribution in [0.15, 0.2) is 24.4 Å². The normalized spacial score (nSPS) is 16.6. The van der Waals surface area contributed by atoms with E-state index in [0.717, 1.165) is 38.2 Å². The lowest BCUT2D eigenvalue weighted by atomic mass is 10.1. The number of hydrogen-bond donors (Lipinski definition) is 1. The molecule has 2 N–H and O–H groups in total. The van der Waals surface area contributed by atoms with Crippen LogP contribution in [0.2, 0.25) is 0 Å². The van der Waals surface area contributed by atoms with Crippen LogP contribution in [0.5, 0.6) is 0 Å². The van der Waals surface area contributed by atoms with Gasteiger partial charge in [0.2, 0.25) is 5.91 Å². The third-order valence-electron chi connectivity index (χ3n) is 3.90. The van der Waals surface area contributed by atoms with Gasteiger partial charge in [0.25, 0.3) is 0 Å². The predicted molar refractivity (Wildman–Crippen MR) is 79.0 cm³/mol. The third kappa shape index (κ3) is 4.02. The van der Waals surface area contributed by atoms with E-state index in [-0.39, 0.29) is 11.9 Å². The maximum absolute atomic E-state index is 12.2. The molecule has 1 aromatic heterocycles. The maximum atomic E-state index is 12.2. The molecule has 0 bridgehead atoms. The molecule has 1 atom stereocenters. The smallest absolute Gasteiger partial charge is 0.224 e. The molecule has 2 heterocycles. The average molecular weight is 276 g/mol. The van der Waals surface area contributed by atoms with Gasteiger partial charge in [-0.05, 0) is 32.0 Å². The van der Waals surface area contributed by atoms with Gasteiger partial charge in [0.05, 0.1) is 5.69 Å². The monoisotopic (exact) mass is 276 g/mol. The maximum Gasteiger partial charge on any atom is 0.224 e. The van der Waals surface area contributed by atoms with E-state index in [1.54, 1.807) is 6.20 Å². The summed E-state index contributed by atoms with van der Waals surface area (Å²) in [7, 11) is 2.00. The summed E-state index contributed by atoms with van der Waals surface area (Å²) in [5, 5.41) is 0. The van der Waals surface area contributed by atoms with Gasteiger partial charge < -0.3 is 10.6 Å². The molecule has 1 amide bonds. The molecule has 0 aromatic carbocycles. The summed E-state index contributed by atoms with van der Waals surface area (Å²) >= 11 is 0. The van der Waals surface area contributed by atoms with Crippen LogP contribution in [-0.2, 0) is 11.3 Å². The average Bonchev–Trinajstić information content (AvgIpc) is 2.99. The Morgan fingerprint density at radius 2 is 2.20 bits per heavy atom. The largest absolute Gasteiger partial charge is 0.343 e. The fourth-order valence-corrected chi connectivity index (χ4v) is 2.59. The third-order valence-corrected chi connectivity index (χ3v) is 3.90. The van der Waals surface area contributed by atoms with Crippen LogP contribution in [0.3, 0.4) is 0 Å². The first-order valence-electron chi connectivity index (χ1n) is 7.28. The molecule has 0 radical (unpaired) electrons. The van der Waals surface area contributed by atoms with Crippen LogP contribution in [0, 0.1) is 0 Å². The number of nitrogens with zero attached hydrogens (tertiary/aromatic N) is 3. The zero-order chi connectivity index (χ0) is 14.4. The molecule has 5 heteroatoms. The zero-order valence-corrected chi connectivity index (χ0v) is 12.2. The first-order valence-corrected chi connectivity index (χ1v) is 7.28. The van der Waals surface area contributed by atoms with Crippen LogP contribution >= 0.6 is 0 Å². The predicted octanol–water partition coefficient (Wildman–Crippen LogP) is 0.853. The lowest BCUT2D eigenvalue weighted by Gasteiger charge is -2.28. The second kappa shape index (κ2) is 7.36. The SMILES string of the molecule is CN(Cc1ccccn1)C(CN)CC(=O)N1CCCC1. The molecule has 1 unspecified atom stereocenters. The Labute approximate surface area is 120 Å². The highest BCUT2D eigenvalue weighted by Crippen LogP contribution is 2.12. The van der Waals surface area contributed by atoms with E-state index in [4.69, 9.17) is 5.73 Å². The van der Waals surface area contributed by atoms with E-state index in [1.165, 1.54) is 0 Å². The molecule has 1 aromatic rings. The van der Waals surface area contributed by atoms with Crippen LogP contribution in [0.1, 0.15) is 25.0 Å². The van der Waals surface area contributed by atoms with Crippen molar-refractivity contribution in [1.82, 2.24) is 14.8 Å². The van der Waals surface area contributed by atoms with E-state index in [1.807, 2.05) is 30.1 Å². The lowest BCUT2D eigenvalue weighted by Crippen LogP contribution is -2.42. The van der Waals surface area contributed by atoms with E-state index >= 15 is 0 Å². The highest BCUT2D eigenvalue weighted by Gasteiger charge is 2.23. The van der Waals surface area contributed by atoms with Gasteiger partial charge in [-0.2, -0.15) is 0 Å². The Morgan fingerprint density at radius 1 is 1.45 bits per heavy atom. The van der Waals surface area contributed by atoms with E-state index < -0.39 is 0 Å². The highest BCUT2D eigenvalue weighted by molar-refractivity contribution is 5.77. The van der Waals surface area contributed by atoms with Crippen molar-refractivity contribution in [3.05, 3.63) is 30.1 Å². The summed E-state index contributed by atoms with van der Waals surface area (Å²) in [6.07, 6.45) is 4.54. The second-order valence-corrected chi connectivity index (χ2v) is 5.42. The quantitative estimate of drug-likeness (QED) is 0.837. The Morgan fingerprint density at radius 3 is 2.80 bits per heavy atom. The van der Waals surface area contributed by atoms with Crippen LogP contribution < -0.4 is 5.73 Å². The fraction of sp³-hybridized carbons (Fsp3) is 0.600. The fourth-order valence-electron chi connectivity index (χ4n) is 2.59. The summed E-state index contributed by atoms with van der Waals surface area (Å²) in [4.78, 5) is 20.6. The molecule has 5 nitrogen and oxygen atoms in total. The van der Waals surface area contributed by atoms with Gasteiger partial charge in [0.15, 0.2) is 0 Å². The molecule has 1 fully saturated rings. The molecule has 1 saturated heterocycles. The number of aromatic nitrogens is 1. The van der Waals surface area contributed by atoms with Gasteiger partial charge in [-0.15, -0.1) is 0 Å². The summed E-state index contributed by atoms with van der Waals surface area (Å²) < 4.78 is 0. The number of amides is 1. The number of carbonyl (C=O) groups excluding carboxylic acids is 1. The standard InChI is InChI=1S/C15H24N4O/c1-18(12-13-6-2-3-7-17-13)14(11-16)10-15(20)19-8-4-5-9-19/h2-3,6-7,14H,4-5,8-12,16H2,1H3. The molecule has 0 spiro atoms. The van der Waals surface area contributed by atoms with Crippen molar-refractivity contribution in [2.24, 2.45) is 5.73 Å². The van der Waals surface area contributed by atoms with Crippen LogP contribution in [0.25, 0.3) is 0 Å². The Bertz CT molecular complexity index is 417. The molecule has 1 aliphatic rings. The number of hydrogen-bond acceptors (Lipinski definition) is 4. The van der Waals surface area contributed by atoms with Gasteiger partial charge in [0.1, 0.15) is 0 Å². The minimum absolute atomic E-state index is 0.0742. The van der Waals surface area contributed by atoms with Crippen molar-refractivity contribution in [2.75, 3.05) is 26.7 Å². The summed E-state index contributed by atoms with van der Waals surface area (Å²) in [5.74, 6) is 0.228. The molecule has 0 saturated carbocycles. The van der Waals surface area contributed by atoms with E-state index in [9.17, 15) is 4.79 Å². The van der Waals surface area contributed by atoms with Crippen molar-refractivity contribution >= 4 is 5.91 Å². The summed E-state index contributed by atoms with van der Waals surface area (Å²) in [6, 6.07) is 5.95. The molecular formula is C15H24N4O. The number of nitrogens with two attached hydrogens (primary N) is 1. The first-order chi connectivity index (χ1) is 9.70. The van der Waals surface area contributed by atoms with Crippen molar-refractivity contribution in [2.45, 2.75) is 31.8 Å².